The Bertz CT molecular complexity index is 554. The van der Waals surface area contributed by atoms with E-state index in [-0.39, 0.29) is 6.61 Å². The zero-order valence-electron chi connectivity index (χ0n) is 12.3. The number of aliphatic hydroxyl groups is 1. The summed E-state index contributed by atoms with van der Waals surface area (Å²) in [5.74, 6) is 1.23. The molecule has 0 aromatic heterocycles. The van der Waals surface area contributed by atoms with Crippen molar-refractivity contribution in [1.29, 1.82) is 0 Å². The van der Waals surface area contributed by atoms with Crippen molar-refractivity contribution >= 4 is 0 Å². The van der Waals surface area contributed by atoms with Gasteiger partial charge in [-0.25, -0.2) is 0 Å². The Morgan fingerprint density at radius 1 is 0.952 bits per heavy atom. The first kappa shape index (κ1) is 15.4. The minimum absolute atomic E-state index is 0.227. The molecular formula is C17H20O4. The molecule has 2 rings (SSSR count). The van der Waals surface area contributed by atoms with Crippen molar-refractivity contribution in [3.63, 3.8) is 0 Å². The van der Waals surface area contributed by atoms with Gasteiger partial charge < -0.3 is 19.3 Å². The van der Waals surface area contributed by atoms with Gasteiger partial charge in [0.25, 0.3) is 0 Å². The highest BCUT2D eigenvalue weighted by atomic mass is 16.5. The molecule has 0 saturated carbocycles. The maximum Gasteiger partial charge on any atom is 0.161 e. The maximum atomic E-state index is 10.2. The van der Waals surface area contributed by atoms with E-state index >= 15 is 0 Å². The molecule has 0 spiro atoms. The highest BCUT2D eigenvalue weighted by Crippen LogP contribution is 2.30. The molecule has 4 nitrogen and oxygen atoms in total. The lowest BCUT2D eigenvalue weighted by atomic mass is 10.1. The van der Waals surface area contributed by atoms with Crippen LogP contribution < -0.4 is 9.47 Å². The molecule has 2 aromatic rings. The third-order valence-electron chi connectivity index (χ3n) is 3.18. The predicted octanol–water partition coefficient (Wildman–Crippen LogP) is 2.95. The molecule has 0 amide bonds. The van der Waals surface area contributed by atoms with E-state index in [9.17, 15) is 5.11 Å². The van der Waals surface area contributed by atoms with Crippen LogP contribution in [0.5, 0.6) is 11.5 Å². The molecule has 0 aliphatic rings. The fourth-order valence-electron chi connectivity index (χ4n) is 2.02. The SMILES string of the molecule is COc1ccc(C(O)COCc2ccccc2)cc1OC. The number of ether oxygens (including phenoxy) is 3. The summed E-state index contributed by atoms with van der Waals surface area (Å²) in [4.78, 5) is 0. The number of hydrogen-bond acceptors (Lipinski definition) is 4. The predicted molar refractivity (Wildman–Crippen MR) is 80.6 cm³/mol. The smallest absolute Gasteiger partial charge is 0.161 e. The summed E-state index contributed by atoms with van der Waals surface area (Å²) >= 11 is 0. The van der Waals surface area contributed by atoms with Gasteiger partial charge in [0.1, 0.15) is 6.10 Å². The molecule has 0 aliphatic heterocycles. The van der Waals surface area contributed by atoms with Crippen LogP contribution in [0.15, 0.2) is 48.5 Å². The topological polar surface area (TPSA) is 47.9 Å². The van der Waals surface area contributed by atoms with Gasteiger partial charge in [-0.2, -0.15) is 0 Å². The molecule has 1 N–H and O–H groups in total. The molecule has 21 heavy (non-hydrogen) atoms. The van der Waals surface area contributed by atoms with Gasteiger partial charge in [0.05, 0.1) is 27.4 Å². The second kappa shape index (κ2) is 7.67. The van der Waals surface area contributed by atoms with E-state index in [1.54, 1.807) is 32.4 Å². The fraction of sp³-hybridized carbons (Fsp3) is 0.294. The lowest BCUT2D eigenvalue weighted by Gasteiger charge is -2.14. The Labute approximate surface area is 124 Å². The van der Waals surface area contributed by atoms with Crippen molar-refractivity contribution in [2.45, 2.75) is 12.7 Å². The van der Waals surface area contributed by atoms with E-state index in [1.807, 2.05) is 30.3 Å². The van der Waals surface area contributed by atoms with Gasteiger partial charge in [-0.05, 0) is 23.3 Å². The third kappa shape index (κ3) is 4.21. The fourth-order valence-corrected chi connectivity index (χ4v) is 2.02. The number of methoxy groups -OCH3 is 2. The van der Waals surface area contributed by atoms with Gasteiger partial charge in [-0.3, -0.25) is 0 Å². The van der Waals surface area contributed by atoms with Crippen molar-refractivity contribution in [3.8, 4) is 11.5 Å². The average molecular weight is 288 g/mol. The summed E-state index contributed by atoms with van der Waals surface area (Å²) in [5, 5.41) is 10.2. The Morgan fingerprint density at radius 2 is 1.67 bits per heavy atom. The van der Waals surface area contributed by atoms with Gasteiger partial charge >= 0.3 is 0 Å². The summed E-state index contributed by atoms with van der Waals surface area (Å²) in [5.41, 5.74) is 1.82. The second-order valence-electron chi connectivity index (χ2n) is 4.63. The molecule has 4 heteroatoms. The van der Waals surface area contributed by atoms with Crippen LogP contribution in [0.1, 0.15) is 17.2 Å². The largest absolute Gasteiger partial charge is 0.493 e. The van der Waals surface area contributed by atoms with Crippen LogP contribution in [-0.2, 0) is 11.3 Å². The average Bonchev–Trinajstić information content (AvgIpc) is 2.55. The van der Waals surface area contributed by atoms with Gasteiger partial charge in [0.2, 0.25) is 0 Å². The normalized spacial score (nSPS) is 12.0. The zero-order valence-corrected chi connectivity index (χ0v) is 12.3. The summed E-state index contributed by atoms with van der Waals surface area (Å²) in [6.45, 7) is 0.704. The van der Waals surface area contributed by atoms with Gasteiger partial charge in [-0.1, -0.05) is 36.4 Å². The summed E-state index contributed by atoms with van der Waals surface area (Å²) in [7, 11) is 3.15. The third-order valence-corrected chi connectivity index (χ3v) is 3.18. The van der Waals surface area contributed by atoms with Crippen LogP contribution in [0.2, 0.25) is 0 Å². The molecule has 112 valence electrons. The lowest BCUT2D eigenvalue weighted by Crippen LogP contribution is -2.07. The maximum absolute atomic E-state index is 10.2. The minimum Gasteiger partial charge on any atom is -0.493 e. The first-order chi connectivity index (χ1) is 10.2. The van der Waals surface area contributed by atoms with E-state index in [4.69, 9.17) is 14.2 Å². The minimum atomic E-state index is -0.700. The molecule has 1 unspecified atom stereocenters. The first-order valence-corrected chi connectivity index (χ1v) is 6.76. The van der Waals surface area contributed by atoms with Crippen LogP contribution in [0, 0.1) is 0 Å². The van der Waals surface area contributed by atoms with Crippen LogP contribution in [-0.4, -0.2) is 25.9 Å². The number of benzene rings is 2. The van der Waals surface area contributed by atoms with E-state index < -0.39 is 6.10 Å². The van der Waals surface area contributed by atoms with E-state index in [0.29, 0.717) is 18.1 Å². The standard InChI is InChI=1S/C17H20O4/c1-19-16-9-8-14(10-17(16)20-2)15(18)12-21-11-13-6-4-3-5-7-13/h3-10,15,18H,11-12H2,1-2H3. The second-order valence-corrected chi connectivity index (χ2v) is 4.63. The van der Waals surface area contributed by atoms with Crippen molar-refractivity contribution in [2.75, 3.05) is 20.8 Å². The van der Waals surface area contributed by atoms with Crippen LogP contribution in [0.4, 0.5) is 0 Å². The molecule has 0 bridgehead atoms. The molecule has 0 fully saturated rings. The van der Waals surface area contributed by atoms with Crippen molar-refractivity contribution in [2.24, 2.45) is 0 Å². The molecule has 0 heterocycles. The zero-order chi connectivity index (χ0) is 15.1. The molecule has 0 radical (unpaired) electrons. The van der Waals surface area contributed by atoms with E-state index in [1.165, 1.54) is 0 Å². The lowest BCUT2D eigenvalue weighted by molar-refractivity contribution is 0.0276. The van der Waals surface area contributed by atoms with Gasteiger partial charge in [0, 0.05) is 0 Å². The van der Waals surface area contributed by atoms with Crippen molar-refractivity contribution in [1.82, 2.24) is 0 Å². The van der Waals surface area contributed by atoms with Crippen molar-refractivity contribution in [3.05, 3.63) is 59.7 Å². The molecule has 1 atom stereocenters. The molecule has 0 saturated heterocycles. The Morgan fingerprint density at radius 3 is 2.33 bits per heavy atom. The monoisotopic (exact) mass is 288 g/mol. The Kier molecular flexibility index (Phi) is 5.60. The first-order valence-electron chi connectivity index (χ1n) is 6.76. The van der Waals surface area contributed by atoms with Crippen LogP contribution in [0.25, 0.3) is 0 Å². The Balaban J connectivity index is 1.92. The highest BCUT2D eigenvalue weighted by Gasteiger charge is 2.12. The molecular weight excluding hydrogens is 268 g/mol. The number of aliphatic hydroxyl groups excluding tert-OH is 1. The van der Waals surface area contributed by atoms with E-state index in [0.717, 1.165) is 11.1 Å². The summed E-state index contributed by atoms with van der Waals surface area (Å²) < 4.78 is 15.9. The Hall–Kier alpha value is -2.04. The van der Waals surface area contributed by atoms with Gasteiger partial charge in [0.15, 0.2) is 11.5 Å². The highest BCUT2D eigenvalue weighted by molar-refractivity contribution is 5.43. The summed E-state index contributed by atoms with van der Waals surface area (Å²) in [6.07, 6.45) is -0.700. The quantitative estimate of drug-likeness (QED) is 0.851. The molecule has 2 aromatic carbocycles. The summed E-state index contributed by atoms with van der Waals surface area (Å²) in [6, 6.07) is 15.2. The van der Waals surface area contributed by atoms with Crippen LogP contribution >= 0.6 is 0 Å². The van der Waals surface area contributed by atoms with E-state index in [2.05, 4.69) is 0 Å². The number of hydrogen-bond donors (Lipinski definition) is 1. The van der Waals surface area contributed by atoms with Crippen LogP contribution in [0.3, 0.4) is 0 Å². The van der Waals surface area contributed by atoms with Crippen molar-refractivity contribution < 1.29 is 19.3 Å². The number of rotatable bonds is 7. The van der Waals surface area contributed by atoms with Gasteiger partial charge in [-0.15, -0.1) is 0 Å². The molecule has 0 aliphatic carbocycles.